The molecule has 224 valence electrons. The third kappa shape index (κ3) is 9.43. The van der Waals surface area contributed by atoms with Crippen LogP contribution in [0, 0.1) is 18.8 Å². The largest absolute Gasteiger partial charge is 0.480 e. The van der Waals surface area contributed by atoms with Crippen LogP contribution in [0.25, 0.3) is 11.1 Å². The van der Waals surface area contributed by atoms with E-state index in [0.717, 1.165) is 34.7 Å². The smallest absolute Gasteiger partial charge is 0.326 e. The Kier molecular flexibility index (Phi) is 12.4. The second-order valence-corrected chi connectivity index (χ2v) is 18.9. The highest BCUT2D eigenvalue weighted by atomic mass is 32.4. The minimum Gasteiger partial charge on any atom is -0.480 e. The number of thioether (sulfide) groups is 1. The maximum atomic E-state index is 13.6. The maximum Gasteiger partial charge on any atom is 0.326 e. The van der Waals surface area contributed by atoms with Gasteiger partial charge in [-0.1, -0.05) is 106 Å². The van der Waals surface area contributed by atoms with Gasteiger partial charge in [0.25, 0.3) is 5.91 Å². The predicted octanol–water partition coefficient (Wildman–Crippen LogP) is 8.74. The van der Waals surface area contributed by atoms with Crippen LogP contribution in [0.4, 0.5) is 0 Å². The topological polar surface area (TPSA) is 66.4 Å². The molecule has 0 radical (unpaired) electrons. The molecular formula is C34H48NO3PS2. The summed E-state index contributed by atoms with van der Waals surface area (Å²) in [4.78, 5) is 25.4. The van der Waals surface area contributed by atoms with Crippen molar-refractivity contribution in [3.8, 4) is 11.1 Å². The number of carbonyl (C=O) groups excluding carboxylic acids is 1. The van der Waals surface area contributed by atoms with Gasteiger partial charge in [-0.3, -0.25) is 4.79 Å². The van der Waals surface area contributed by atoms with Gasteiger partial charge in [0.15, 0.2) is 0 Å². The molecule has 4 rings (SSSR count). The van der Waals surface area contributed by atoms with Crippen LogP contribution in [0.5, 0.6) is 0 Å². The molecule has 0 aromatic heterocycles. The van der Waals surface area contributed by atoms with Crippen LogP contribution in [0.3, 0.4) is 0 Å². The number of benzene rings is 2. The average Bonchev–Trinajstić information content (AvgIpc) is 2.96. The molecule has 0 heterocycles. The lowest BCUT2D eigenvalue weighted by Gasteiger charge is -2.34. The van der Waals surface area contributed by atoms with E-state index in [1.807, 2.05) is 24.5 Å². The van der Waals surface area contributed by atoms with Crippen LogP contribution >= 0.6 is 17.8 Å². The fourth-order valence-corrected chi connectivity index (χ4v) is 13.0. The van der Waals surface area contributed by atoms with Gasteiger partial charge >= 0.3 is 5.97 Å². The summed E-state index contributed by atoms with van der Waals surface area (Å²) in [5, 5.41) is 12.5. The molecular weight excluding hydrogens is 565 g/mol. The van der Waals surface area contributed by atoms with Gasteiger partial charge in [-0.05, 0) is 89.9 Å². The number of hydrogen-bond donors (Lipinski definition) is 2. The van der Waals surface area contributed by atoms with Crippen molar-refractivity contribution in [3.63, 3.8) is 0 Å². The van der Waals surface area contributed by atoms with E-state index in [2.05, 4.69) is 36.5 Å². The van der Waals surface area contributed by atoms with E-state index < -0.39 is 18.0 Å². The van der Waals surface area contributed by atoms with Crippen LogP contribution in [0.2, 0.25) is 0 Å². The molecule has 0 aliphatic heterocycles. The van der Waals surface area contributed by atoms with Crippen molar-refractivity contribution in [2.75, 3.05) is 24.3 Å². The first-order valence-electron chi connectivity index (χ1n) is 15.6. The molecule has 0 saturated heterocycles. The zero-order chi connectivity index (χ0) is 29.2. The van der Waals surface area contributed by atoms with Gasteiger partial charge in [0.2, 0.25) is 0 Å². The van der Waals surface area contributed by atoms with Gasteiger partial charge in [0.1, 0.15) is 6.04 Å². The number of carbonyl (C=O) groups is 2. The highest BCUT2D eigenvalue weighted by Gasteiger charge is 2.29. The number of nitrogens with one attached hydrogen (secondary N) is 1. The van der Waals surface area contributed by atoms with E-state index in [0.29, 0.717) is 17.7 Å². The van der Waals surface area contributed by atoms with Crippen molar-refractivity contribution < 1.29 is 14.7 Å². The molecule has 41 heavy (non-hydrogen) atoms. The number of hydrogen-bond acceptors (Lipinski definition) is 4. The van der Waals surface area contributed by atoms with Gasteiger partial charge in [-0.25, -0.2) is 4.79 Å². The normalized spacial score (nSPS) is 17.7. The van der Waals surface area contributed by atoms with Crippen molar-refractivity contribution in [3.05, 3.63) is 59.2 Å². The van der Waals surface area contributed by atoms with E-state index in [1.165, 1.54) is 82.1 Å². The third-order valence-electron chi connectivity index (χ3n) is 9.08. The summed E-state index contributed by atoms with van der Waals surface area (Å²) in [6.07, 6.45) is 19.2. The summed E-state index contributed by atoms with van der Waals surface area (Å²) in [7, 11) is 0. The van der Waals surface area contributed by atoms with Crippen molar-refractivity contribution in [2.24, 2.45) is 11.8 Å². The number of amides is 1. The number of rotatable bonds is 13. The van der Waals surface area contributed by atoms with Crippen molar-refractivity contribution in [2.45, 2.75) is 89.8 Å². The Bertz CT molecular complexity index is 1200. The summed E-state index contributed by atoms with van der Waals surface area (Å²) >= 11 is 8.29. The number of aliphatic carboxylic acids is 1. The minimum atomic E-state index is -1.64. The predicted molar refractivity (Wildman–Crippen MR) is 179 cm³/mol. The molecule has 0 bridgehead atoms. The molecule has 0 unspecified atom stereocenters. The molecule has 2 saturated carbocycles. The van der Waals surface area contributed by atoms with Crippen molar-refractivity contribution in [1.29, 1.82) is 0 Å². The Hall–Kier alpha value is -1.62. The average molecular weight is 614 g/mol. The molecule has 2 aliphatic rings. The second-order valence-electron chi connectivity index (χ2n) is 12.4. The number of carboxylic acids is 1. The summed E-state index contributed by atoms with van der Waals surface area (Å²) < 4.78 is 0. The Morgan fingerprint density at radius 1 is 0.951 bits per heavy atom. The fraction of sp³-hybridized carbons (Fsp3) is 0.588. The van der Waals surface area contributed by atoms with Crippen molar-refractivity contribution in [1.82, 2.24) is 5.32 Å². The first kappa shape index (κ1) is 32.3. The first-order chi connectivity index (χ1) is 19.8. The standard InChI is InChI=1S/C34H48NO3PS2/c1-25-11-9-10-16-29(25)31-21-28(17-18-30(31)33(36)35-32(34(37)38)19-20-41-2)24-39(40,22-26-12-5-3-6-13-26)23-27-14-7-4-8-15-27/h9-11,16-18,21,26-27,32H,3-8,12-15,19-20,22-24H2,1-2H3,(H,35,36)(H,37,38)/t32-/m0/s1. The third-order valence-corrected chi connectivity index (χ3v) is 14.3. The van der Waals surface area contributed by atoms with Crippen LogP contribution < -0.4 is 5.32 Å². The quantitative estimate of drug-likeness (QED) is 0.221. The van der Waals surface area contributed by atoms with Gasteiger partial charge in [0, 0.05) is 11.7 Å². The van der Waals surface area contributed by atoms with Crippen LogP contribution in [-0.4, -0.2) is 47.4 Å². The lowest BCUT2D eigenvalue weighted by molar-refractivity contribution is -0.139. The van der Waals surface area contributed by atoms with Gasteiger partial charge in [0.05, 0.1) is 0 Å². The van der Waals surface area contributed by atoms with Crippen LogP contribution in [0.1, 0.15) is 92.1 Å². The monoisotopic (exact) mass is 613 g/mol. The fourth-order valence-electron chi connectivity index (χ4n) is 6.93. The molecule has 7 heteroatoms. The summed E-state index contributed by atoms with van der Waals surface area (Å²) in [6.45, 7) is 2.07. The van der Waals surface area contributed by atoms with E-state index in [4.69, 9.17) is 11.8 Å². The lowest BCUT2D eigenvalue weighted by Crippen LogP contribution is -2.41. The first-order valence-corrected chi connectivity index (χ1v) is 20.3. The summed E-state index contributed by atoms with van der Waals surface area (Å²) in [5.74, 6) is 0.897. The second kappa shape index (κ2) is 15.7. The van der Waals surface area contributed by atoms with E-state index in [9.17, 15) is 14.7 Å². The molecule has 1 atom stereocenters. The molecule has 2 aromatic rings. The van der Waals surface area contributed by atoms with Crippen LogP contribution in [-0.2, 0) is 22.8 Å². The molecule has 2 N–H and O–H groups in total. The highest BCUT2D eigenvalue weighted by Crippen LogP contribution is 2.55. The summed E-state index contributed by atoms with van der Waals surface area (Å²) in [5.41, 5.74) is 4.75. The van der Waals surface area contributed by atoms with Gasteiger partial charge in [-0.15, -0.1) is 0 Å². The number of carboxylic acid groups (broad SMARTS) is 1. The Morgan fingerprint density at radius 3 is 2.12 bits per heavy atom. The molecule has 4 nitrogen and oxygen atoms in total. The SMILES string of the molecule is CSCC[C@H](NC(=O)c1ccc(CP(=S)(CC2CCCCC2)CC2CCCCC2)cc1-c1ccccc1C)C(=O)O. The van der Waals surface area contributed by atoms with Crippen LogP contribution in [0.15, 0.2) is 42.5 Å². The highest BCUT2D eigenvalue weighted by molar-refractivity contribution is 8.14. The van der Waals surface area contributed by atoms with E-state index >= 15 is 0 Å². The van der Waals surface area contributed by atoms with E-state index in [1.54, 1.807) is 11.8 Å². The lowest BCUT2D eigenvalue weighted by atomic mass is 9.91. The van der Waals surface area contributed by atoms with Gasteiger partial charge < -0.3 is 10.4 Å². The Morgan fingerprint density at radius 2 is 1.56 bits per heavy atom. The summed E-state index contributed by atoms with van der Waals surface area (Å²) in [6, 6.07) is 11.8. The number of aryl methyl sites for hydroxylation is 1. The molecule has 0 spiro atoms. The zero-order valence-electron chi connectivity index (χ0n) is 24.9. The molecule has 1 amide bonds. The molecule has 2 aromatic carbocycles. The molecule has 2 aliphatic carbocycles. The Labute approximate surface area is 256 Å². The van der Waals surface area contributed by atoms with Gasteiger partial charge in [-0.2, -0.15) is 11.8 Å². The Balaban J connectivity index is 1.65. The van der Waals surface area contributed by atoms with Crippen molar-refractivity contribution >= 4 is 41.5 Å². The maximum absolute atomic E-state index is 13.6. The molecule has 2 fully saturated rings. The zero-order valence-corrected chi connectivity index (χ0v) is 27.4. The minimum absolute atomic E-state index is 0.327. The van der Waals surface area contributed by atoms with E-state index in [-0.39, 0.29) is 5.91 Å².